The third kappa shape index (κ3) is 1.86. The van der Waals surface area contributed by atoms with Crippen molar-refractivity contribution in [2.24, 2.45) is 5.92 Å². The Labute approximate surface area is 102 Å². The highest BCUT2D eigenvalue weighted by Crippen LogP contribution is 2.41. The molecule has 0 saturated carbocycles. The molecule has 2 nitrogen and oxygen atoms in total. The summed E-state index contributed by atoms with van der Waals surface area (Å²) in [6.45, 7) is 5.36. The van der Waals surface area contributed by atoms with E-state index in [9.17, 15) is 0 Å². The van der Waals surface area contributed by atoms with Gasteiger partial charge in [0.1, 0.15) is 0 Å². The first-order valence-electron chi connectivity index (χ1n) is 5.77. The van der Waals surface area contributed by atoms with Gasteiger partial charge >= 0.3 is 0 Å². The Kier molecular flexibility index (Phi) is 3.29. The highest BCUT2D eigenvalue weighted by Gasteiger charge is 2.23. The molecule has 1 aliphatic heterocycles. The highest BCUT2D eigenvalue weighted by atomic mass is 35.5. The van der Waals surface area contributed by atoms with Crippen LogP contribution in [0.1, 0.15) is 24.5 Å². The molecule has 1 aliphatic rings. The van der Waals surface area contributed by atoms with Gasteiger partial charge in [-0.3, -0.25) is 0 Å². The third-order valence-corrected chi connectivity index (χ3v) is 3.69. The normalized spacial score (nSPS) is 18.9. The summed E-state index contributed by atoms with van der Waals surface area (Å²) in [4.78, 5) is 0. The molecule has 3 heteroatoms. The number of fused-ring (bicyclic) bond motifs is 1. The summed E-state index contributed by atoms with van der Waals surface area (Å²) in [6.07, 6.45) is 2.33. The molecule has 0 aromatic heterocycles. The molecule has 16 heavy (non-hydrogen) atoms. The van der Waals surface area contributed by atoms with E-state index in [1.54, 1.807) is 7.11 Å². The van der Waals surface area contributed by atoms with Crippen molar-refractivity contribution in [3.8, 4) is 5.75 Å². The molecule has 1 heterocycles. The van der Waals surface area contributed by atoms with Crippen molar-refractivity contribution in [1.29, 1.82) is 0 Å². The summed E-state index contributed by atoms with van der Waals surface area (Å²) in [6, 6.07) is 2.00. The van der Waals surface area contributed by atoms with Crippen LogP contribution >= 0.6 is 11.6 Å². The van der Waals surface area contributed by atoms with Crippen LogP contribution in [0.2, 0.25) is 5.02 Å². The van der Waals surface area contributed by atoms with E-state index in [2.05, 4.69) is 19.2 Å². The third-order valence-electron chi connectivity index (χ3n) is 3.41. The average Bonchev–Trinajstić information content (AvgIpc) is 2.29. The molecule has 1 N–H and O–H groups in total. The average molecular weight is 240 g/mol. The molecular weight excluding hydrogens is 222 g/mol. The monoisotopic (exact) mass is 239 g/mol. The predicted octanol–water partition coefficient (Wildman–Crippen LogP) is 3.65. The second-order valence-electron chi connectivity index (χ2n) is 4.42. The van der Waals surface area contributed by atoms with Crippen molar-refractivity contribution in [1.82, 2.24) is 0 Å². The molecule has 0 bridgehead atoms. The molecule has 1 aromatic carbocycles. The fraction of sp³-hybridized carbons (Fsp3) is 0.538. The minimum Gasteiger partial charge on any atom is -0.493 e. The Morgan fingerprint density at radius 3 is 2.94 bits per heavy atom. The SMILES string of the molecule is CCC1CNc2c(c(C)cc(Cl)c2OC)C1. The zero-order valence-corrected chi connectivity index (χ0v) is 10.8. The number of methoxy groups -OCH3 is 1. The van der Waals surface area contributed by atoms with Crippen LogP contribution < -0.4 is 10.1 Å². The van der Waals surface area contributed by atoms with Gasteiger partial charge in [-0.15, -0.1) is 0 Å². The first-order valence-corrected chi connectivity index (χ1v) is 6.15. The van der Waals surface area contributed by atoms with Crippen LogP contribution in [0.15, 0.2) is 6.07 Å². The lowest BCUT2D eigenvalue weighted by Gasteiger charge is -2.28. The van der Waals surface area contributed by atoms with E-state index in [0.717, 1.165) is 30.3 Å². The molecule has 1 atom stereocenters. The van der Waals surface area contributed by atoms with Crippen LogP contribution in [0.3, 0.4) is 0 Å². The molecule has 0 radical (unpaired) electrons. The minimum absolute atomic E-state index is 0.696. The number of anilines is 1. The van der Waals surface area contributed by atoms with Crippen molar-refractivity contribution in [2.45, 2.75) is 26.7 Å². The van der Waals surface area contributed by atoms with Gasteiger partial charge in [0.15, 0.2) is 5.75 Å². The fourth-order valence-corrected chi connectivity index (χ4v) is 2.68. The summed E-state index contributed by atoms with van der Waals surface area (Å²) in [5.74, 6) is 1.51. The molecule has 0 saturated heterocycles. The van der Waals surface area contributed by atoms with E-state index in [0.29, 0.717) is 5.02 Å². The predicted molar refractivity (Wildman–Crippen MR) is 68.7 cm³/mol. The summed E-state index contributed by atoms with van der Waals surface area (Å²) >= 11 is 6.17. The zero-order chi connectivity index (χ0) is 11.7. The fourth-order valence-electron chi connectivity index (χ4n) is 2.34. The van der Waals surface area contributed by atoms with Gasteiger partial charge in [0.2, 0.25) is 0 Å². The van der Waals surface area contributed by atoms with Crippen LogP contribution in [-0.4, -0.2) is 13.7 Å². The van der Waals surface area contributed by atoms with Crippen molar-refractivity contribution in [3.05, 3.63) is 22.2 Å². The number of nitrogens with one attached hydrogen (secondary N) is 1. The summed E-state index contributed by atoms with van der Waals surface area (Å²) in [7, 11) is 1.67. The number of halogens is 1. The zero-order valence-electron chi connectivity index (χ0n) is 10.1. The molecule has 0 fully saturated rings. The van der Waals surface area contributed by atoms with Gasteiger partial charge in [0, 0.05) is 6.54 Å². The molecule has 88 valence electrons. The van der Waals surface area contributed by atoms with Crippen molar-refractivity contribution >= 4 is 17.3 Å². The van der Waals surface area contributed by atoms with E-state index < -0.39 is 0 Å². The van der Waals surface area contributed by atoms with E-state index in [1.807, 2.05) is 6.07 Å². The van der Waals surface area contributed by atoms with Crippen LogP contribution in [0.5, 0.6) is 5.75 Å². The number of aryl methyl sites for hydroxylation is 1. The molecule has 1 unspecified atom stereocenters. The number of benzene rings is 1. The van der Waals surface area contributed by atoms with Gasteiger partial charge in [-0.2, -0.15) is 0 Å². The number of hydrogen-bond acceptors (Lipinski definition) is 2. The summed E-state index contributed by atoms with van der Waals surface area (Å²) < 4.78 is 5.37. The van der Waals surface area contributed by atoms with Crippen LogP contribution in [0.25, 0.3) is 0 Å². The Morgan fingerprint density at radius 2 is 2.31 bits per heavy atom. The first-order chi connectivity index (χ1) is 7.67. The second kappa shape index (κ2) is 4.54. The largest absolute Gasteiger partial charge is 0.493 e. The van der Waals surface area contributed by atoms with Crippen molar-refractivity contribution < 1.29 is 4.74 Å². The van der Waals surface area contributed by atoms with Gasteiger partial charge in [0.05, 0.1) is 17.8 Å². The first kappa shape index (κ1) is 11.6. The second-order valence-corrected chi connectivity index (χ2v) is 4.83. The lowest BCUT2D eigenvalue weighted by Crippen LogP contribution is -2.23. The maximum absolute atomic E-state index is 6.17. The molecule has 0 spiro atoms. The van der Waals surface area contributed by atoms with Gasteiger partial charge in [-0.25, -0.2) is 0 Å². The van der Waals surface area contributed by atoms with Crippen LogP contribution in [-0.2, 0) is 6.42 Å². The van der Waals surface area contributed by atoms with Gasteiger partial charge in [0.25, 0.3) is 0 Å². The Morgan fingerprint density at radius 1 is 1.56 bits per heavy atom. The van der Waals surface area contributed by atoms with Crippen molar-refractivity contribution in [3.63, 3.8) is 0 Å². The lowest BCUT2D eigenvalue weighted by atomic mass is 9.89. The molecular formula is C13H18ClNO. The minimum atomic E-state index is 0.696. The molecule has 2 rings (SSSR count). The maximum Gasteiger partial charge on any atom is 0.160 e. The number of ether oxygens (including phenoxy) is 1. The Bertz CT molecular complexity index is 403. The van der Waals surface area contributed by atoms with Gasteiger partial charge in [-0.05, 0) is 36.5 Å². The lowest BCUT2D eigenvalue weighted by molar-refractivity contribution is 0.412. The van der Waals surface area contributed by atoms with Crippen LogP contribution in [0.4, 0.5) is 5.69 Å². The topological polar surface area (TPSA) is 21.3 Å². The van der Waals surface area contributed by atoms with E-state index in [4.69, 9.17) is 16.3 Å². The Hall–Kier alpha value is -0.890. The van der Waals surface area contributed by atoms with E-state index in [-0.39, 0.29) is 0 Å². The number of hydrogen-bond donors (Lipinski definition) is 1. The molecule has 0 amide bonds. The van der Waals surface area contributed by atoms with Gasteiger partial charge in [-0.1, -0.05) is 24.9 Å². The highest BCUT2D eigenvalue weighted by molar-refractivity contribution is 6.32. The summed E-state index contributed by atoms with van der Waals surface area (Å²) in [5, 5.41) is 4.15. The molecule has 0 aliphatic carbocycles. The summed E-state index contributed by atoms with van der Waals surface area (Å²) in [5.41, 5.74) is 3.71. The molecule has 1 aromatic rings. The van der Waals surface area contributed by atoms with E-state index >= 15 is 0 Å². The Balaban J connectivity index is 2.48. The quantitative estimate of drug-likeness (QED) is 0.851. The van der Waals surface area contributed by atoms with E-state index in [1.165, 1.54) is 17.5 Å². The smallest absolute Gasteiger partial charge is 0.160 e. The maximum atomic E-state index is 6.17. The standard InChI is InChI=1S/C13H18ClNO/c1-4-9-6-10-8(2)5-11(14)13(16-3)12(10)15-7-9/h5,9,15H,4,6-7H2,1-3H3. The van der Waals surface area contributed by atoms with Gasteiger partial charge < -0.3 is 10.1 Å². The van der Waals surface area contributed by atoms with Crippen LogP contribution in [0, 0.1) is 12.8 Å². The number of rotatable bonds is 2. The van der Waals surface area contributed by atoms with Crippen molar-refractivity contribution in [2.75, 3.05) is 19.0 Å².